The second-order valence-electron chi connectivity index (χ2n) is 5.60. The summed E-state index contributed by atoms with van der Waals surface area (Å²) in [6.45, 7) is 7.03. The third kappa shape index (κ3) is 7.22. The molecular weight excluding hydrogens is 274 g/mol. The van der Waals surface area contributed by atoms with Gasteiger partial charge in [0.25, 0.3) is 0 Å². The van der Waals surface area contributed by atoms with Crippen LogP contribution < -0.4 is 0 Å². The molecular formula is C15H29NO5. The summed E-state index contributed by atoms with van der Waals surface area (Å²) in [7, 11) is 1.62. The summed E-state index contributed by atoms with van der Waals surface area (Å²) >= 11 is 0. The SMILES string of the molecule is CCOC(=O)C1CCCN(CC(O)COC(C)COC)C1. The van der Waals surface area contributed by atoms with Gasteiger partial charge < -0.3 is 19.3 Å². The Labute approximate surface area is 127 Å². The summed E-state index contributed by atoms with van der Waals surface area (Å²) in [4.78, 5) is 13.9. The Bertz CT molecular complexity index is 300. The summed E-state index contributed by atoms with van der Waals surface area (Å²) in [6, 6.07) is 0. The Morgan fingerprint density at radius 2 is 2.19 bits per heavy atom. The van der Waals surface area contributed by atoms with Gasteiger partial charge in [0.1, 0.15) is 0 Å². The fourth-order valence-electron chi connectivity index (χ4n) is 2.58. The minimum atomic E-state index is -0.551. The second kappa shape index (κ2) is 10.1. The second-order valence-corrected chi connectivity index (χ2v) is 5.60. The normalized spacial score (nSPS) is 22.8. The maximum absolute atomic E-state index is 11.8. The smallest absolute Gasteiger partial charge is 0.310 e. The van der Waals surface area contributed by atoms with E-state index in [1.165, 1.54) is 0 Å². The molecule has 1 aliphatic heterocycles. The molecule has 0 radical (unpaired) electrons. The molecule has 0 aromatic rings. The number of piperidine rings is 1. The van der Waals surface area contributed by atoms with Gasteiger partial charge in [-0.2, -0.15) is 0 Å². The number of ether oxygens (including phenoxy) is 3. The monoisotopic (exact) mass is 303 g/mol. The number of esters is 1. The topological polar surface area (TPSA) is 68.2 Å². The fraction of sp³-hybridized carbons (Fsp3) is 0.933. The van der Waals surface area contributed by atoms with Gasteiger partial charge in [-0.25, -0.2) is 0 Å². The third-order valence-electron chi connectivity index (χ3n) is 3.57. The van der Waals surface area contributed by atoms with E-state index in [-0.39, 0.29) is 24.6 Å². The van der Waals surface area contributed by atoms with Crippen LogP contribution in [0.15, 0.2) is 0 Å². The third-order valence-corrected chi connectivity index (χ3v) is 3.57. The van der Waals surface area contributed by atoms with E-state index < -0.39 is 6.10 Å². The van der Waals surface area contributed by atoms with Gasteiger partial charge in [0, 0.05) is 20.2 Å². The summed E-state index contributed by atoms with van der Waals surface area (Å²) in [5, 5.41) is 10.0. The lowest BCUT2D eigenvalue weighted by molar-refractivity contribution is -0.150. The van der Waals surface area contributed by atoms with Gasteiger partial charge in [-0.05, 0) is 33.2 Å². The Balaban J connectivity index is 2.28. The van der Waals surface area contributed by atoms with Crippen LogP contribution >= 0.6 is 0 Å². The van der Waals surface area contributed by atoms with E-state index >= 15 is 0 Å². The van der Waals surface area contributed by atoms with Crippen molar-refractivity contribution in [3.63, 3.8) is 0 Å². The van der Waals surface area contributed by atoms with Crippen molar-refractivity contribution in [3.05, 3.63) is 0 Å². The molecule has 1 N–H and O–H groups in total. The van der Waals surface area contributed by atoms with E-state index in [1.807, 2.05) is 13.8 Å². The number of aliphatic hydroxyl groups excluding tert-OH is 1. The van der Waals surface area contributed by atoms with Crippen LogP contribution in [0.1, 0.15) is 26.7 Å². The number of carbonyl (C=O) groups is 1. The lowest BCUT2D eigenvalue weighted by Crippen LogP contribution is -2.44. The molecule has 1 rings (SSSR count). The fourth-order valence-corrected chi connectivity index (χ4v) is 2.58. The van der Waals surface area contributed by atoms with Crippen molar-refractivity contribution in [1.29, 1.82) is 0 Å². The molecule has 3 unspecified atom stereocenters. The predicted octanol–water partition coefficient (Wildman–Crippen LogP) is 0.674. The van der Waals surface area contributed by atoms with Crippen molar-refractivity contribution >= 4 is 5.97 Å². The molecule has 0 bridgehead atoms. The zero-order valence-corrected chi connectivity index (χ0v) is 13.4. The molecule has 3 atom stereocenters. The molecule has 0 saturated carbocycles. The number of aliphatic hydroxyl groups is 1. The molecule has 6 nitrogen and oxygen atoms in total. The van der Waals surface area contributed by atoms with E-state index in [1.54, 1.807) is 7.11 Å². The molecule has 124 valence electrons. The van der Waals surface area contributed by atoms with Crippen molar-refractivity contribution < 1.29 is 24.1 Å². The molecule has 6 heteroatoms. The first-order valence-corrected chi connectivity index (χ1v) is 7.74. The van der Waals surface area contributed by atoms with Crippen molar-refractivity contribution in [3.8, 4) is 0 Å². The van der Waals surface area contributed by atoms with Crippen LogP contribution in [0.5, 0.6) is 0 Å². The van der Waals surface area contributed by atoms with Crippen LogP contribution in [-0.4, -0.2) is 74.7 Å². The molecule has 0 spiro atoms. The van der Waals surface area contributed by atoms with Crippen LogP contribution in [0.2, 0.25) is 0 Å². The number of nitrogens with zero attached hydrogens (tertiary/aromatic N) is 1. The number of hydrogen-bond acceptors (Lipinski definition) is 6. The van der Waals surface area contributed by atoms with Gasteiger partial charge in [-0.1, -0.05) is 0 Å². The molecule has 0 aliphatic carbocycles. The Morgan fingerprint density at radius 1 is 1.43 bits per heavy atom. The van der Waals surface area contributed by atoms with Crippen molar-refractivity contribution in [1.82, 2.24) is 4.90 Å². The number of carbonyl (C=O) groups excluding carboxylic acids is 1. The highest BCUT2D eigenvalue weighted by atomic mass is 16.5. The number of hydrogen-bond donors (Lipinski definition) is 1. The van der Waals surface area contributed by atoms with E-state index in [4.69, 9.17) is 14.2 Å². The van der Waals surface area contributed by atoms with Crippen molar-refractivity contribution in [2.75, 3.05) is 46.6 Å². The lowest BCUT2D eigenvalue weighted by atomic mass is 9.98. The number of rotatable bonds is 9. The Hall–Kier alpha value is -0.690. The van der Waals surface area contributed by atoms with Crippen LogP contribution in [0.25, 0.3) is 0 Å². The Kier molecular flexibility index (Phi) is 8.84. The maximum Gasteiger partial charge on any atom is 0.310 e. The first kappa shape index (κ1) is 18.4. The molecule has 0 amide bonds. The van der Waals surface area contributed by atoms with Crippen LogP contribution in [0.3, 0.4) is 0 Å². The molecule has 0 aromatic carbocycles. The quantitative estimate of drug-likeness (QED) is 0.632. The van der Waals surface area contributed by atoms with Crippen molar-refractivity contribution in [2.24, 2.45) is 5.92 Å². The Morgan fingerprint density at radius 3 is 2.86 bits per heavy atom. The van der Waals surface area contributed by atoms with Crippen LogP contribution in [-0.2, 0) is 19.0 Å². The first-order valence-electron chi connectivity index (χ1n) is 7.74. The van der Waals surface area contributed by atoms with E-state index in [0.29, 0.717) is 26.3 Å². The summed E-state index contributed by atoms with van der Waals surface area (Å²) < 4.78 is 15.6. The molecule has 1 fully saturated rings. The van der Waals surface area contributed by atoms with Gasteiger partial charge in [0.15, 0.2) is 0 Å². The molecule has 1 heterocycles. The zero-order valence-electron chi connectivity index (χ0n) is 13.4. The number of likely N-dealkylation sites (tertiary alicyclic amines) is 1. The minimum Gasteiger partial charge on any atom is -0.466 e. The lowest BCUT2D eigenvalue weighted by Gasteiger charge is -2.32. The molecule has 1 saturated heterocycles. The number of β-amino-alcohol motifs (C(OH)–C–C–N with tert-alkyl or cyclic N) is 1. The first-order chi connectivity index (χ1) is 10.1. The minimum absolute atomic E-state index is 0.0294. The van der Waals surface area contributed by atoms with Crippen LogP contribution in [0.4, 0.5) is 0 Å². The molecule has 21 heavy (non-hydrogen) atoms. The van der Waals surface area contributed by atoms with Crippen molar-refractivity contribution in [2.45, 2.75) is 38.9 Å². The largest absolute Gasteiger partial charge is 0.466 e. The standard InChI is InChI=1S/C15H29NO5/c1-4-20-15(18)13-6-5-7-16(8-13)9-14(17)11-21-12(2)10-19-3/h12-14,17H,4-11H2,1-3H3. The highest BCUT2D eigenvalue weighted by Gasteiger charge is 2.27. The predicted molar refractivity (Wildman–Crippen MR) is 79.1 cm³/mol. The summed E-state index contributed by atoms with van der Waals surface area (Å²) in [5.74, 6) is -0.194. The van der Waals surface area contributed by atoms with Crippen LogP contribution in [0, 0.1) is 5.92 Å². The van der Waals surface area contributed by atoms with E-state index in [0.717, 1.165) is 19.4 Å². The van der Waals surface area contributed by atoms with Gasteiger partial charge >= 0.3 is 5.97 Å². The number of methoxy groups -OCH3 is 1. The van der Waals surface area contributed by atoms with Gasteiger partial charge in [0.05, 0.1) is 37.9 Å². The van der Waals surface area contributed by atoms with Gasteiger partial charge in [-0.15, -0.1) is 0 Å². The maximum atomic E-state index is 11.8. The van der Waals surface area contributed by atoms with E-state index in [2.05, 4.69) is 4.90 Å². The zero-order chi connectivity index (χ0) is 15.7. The molecule has 1 aliphatic rings. The van der Waals surface area contributed by atoms with Gasteiger partial charge in [0.2, 0.25) is 0 Å². The van der Waals surface area contributed by atoms with Gasteiger partial charge in [-0.3, -0.25) is 9.69 Å². The average Bonchev–Trinajstić information content (AvgIpc) is 2.46. The summed E-state index contributed by atoms with van der Waals surface area (Å²) in [5.41, 5.74) is 0. The highest BCUT2D eigenvalue weighted by molar-refractivity contribution is 5.72. The highest BCUT2D eigenvalue weighted by Crippen LogP contribution is 2.18. The average molecular weight is 303 g/mol. The molecule has 0 aromatic heterocycles. The summed E-state index contributed by atoms with van der Waals surface area (Å²) in [6.07, 6.45) is 1.24. The van der Waals surface area contributed by atoms with E-state index in [9.17, 15) is 9.90 Å².